The molecule has 0 aliphatic carbocycles. The van der Waals surface area contributed by atoms with Crippen molar-refractivity contribution >= 4 is 32.7 Å². The summed E-state index contributed by atoms with van der Waals surface area (Å²) in [6.07, 6.45) is 0. The zero-order valence-corrected chi connectivity index (χ0v) is 24.2. The van der Waals surface area contributed by atoms with Crippen molar-refractivity contribution < 1.29 is 34.2 Å². The van der Waals surface area contributed by atoms with Gasteiger partial charge in [0.15, 0.2) is 3.57 Å². The van der Waals surface area contributed by atoms with Crippen molar-refractivity contribution in [1.29, 1.82) is 0 Å². The molecule has 0 amide bonds. The first-order chi connectivity index (χ1) is 17.4. The SMILES string of the molecule is Ic1c([I+]c2ccccc2)ccc(-c2ccccc2)c1-c1ccccc1.O=S(=O)([O-])c1ccccc1. The third-order valence-corrected chi connectivity index (χ3v) is 11.0. The molecule has 6 heteroatoms. The quantitative estimate of drug-likeness (QED) is 0.201. The molecule has 0 saturated heterocycles. The molecule has 0 aliphatic rings. The molecule has 0 heterocycles. The van der Waals surface area contributed by atoms with Gasteiger partial charge in [0.1, 0.15) is 10.1 Å². The molecular weight excluding hydrogens is 694 g/mol. The Morgan fingerprint density at radius 2 is 1.06 bits per heavy atom. The van der Waals surface area contributed by atoms with Gasteiger partial charge in [0.05, 0.1) is 8.47 Å². The molecule has 5 aromatic rings. The molecule has 0 aliphatic heterocycles. The topological polar surface area (TPSA) is 57.2 Å². The van der Waals surface area contributed by atoms with Crippen LogP contribution in [0.3, 0.4) is 0 Å². The van der Waals surface area contributed by atoms with Crippen LogP contribution in [0.4, 0.5) is 0 Å². The maximum absolute atomic E-state index is 10.3. The molecule has 0 unspecified atom stereocenters. The molecule has 0 fully saturated rings. The van der Waals surface area contributed by atoms with Gasteiger partial charge in [-0.1, -0.05) is 97.1 Å². The molecule has 0 spiro atoms. The minimum Gasteiger partial charge on any atom is -0.744 e. The Bertz CT molecular complexity index is 1510. The summed E-state index contributed by atoms with van der Waals surface area (Å²) >= 11 is 2.36. The van der Waals surface area contributed by atoms with E-state index in [0.29, 0.717) is 0 Å². The second-order valence-electron chi connectivity index (χ2n) is 7.67. The van der Waals surface area contributed by atoms with Gasteiger partial charge in [0, 0.05) is 5.56 Å². The third-order valence-electron chi connectivity index (χ3n) is 5.22. The zero-order valence-electron chi connectivity index (χ0n) is 19.1. The molecule has 0 radical (unpaired) electrons. The highest BCUT2D eigenvalue weighted by Crippen LogP contribution is 2.35. The van der Waals surface area contributed by atoms with E-state index >= 15 is 0 Å². The van der Waals surface area contributed by atoms with Crippen molar-refractivity contribution in [2.75, 3.05) is 0 Å². The van der Waals surface area contributed by atoms with E-state index in [1.54, 1.807) is 6.07 Å². The predicted octanol–water partition coefficient (Wildman–Crippen LogP) is 4.34. The third kappa shape index (κ3) is 7.03. The van der Waals surface area contributed by atoms with Crippen LogP contribution in [0.2, 0.25) is 0 Å². The normalized spacial score (nSPS) is 10.8. The van der Waals surface area contributed by atoms with Gasteiger partial charge in [-0.25, -0.2) is 8.42 Å². The van der Waals surface area contributed by atoms with E-state index in [0.717, 1.165) is 0 Å². The molecule has 36 heavy (non-hydrogen) atoms. The number of benzene rings is 5. The Hall–Kier alpha value is -2.53. The van der Waals surface area contributed by atoms with Crippen LogP contribution in [0, 0.1) is 10.7 Å². The highest BCUT2D eigenvalue weighted by molar-refractivity contribution is 14.1. The summed E-state index contributed by atoms with van der Waals surface area (Å²) in [5.41, 5.74) is 5.22. The molecule has 0 bridgehead atoms. The lowest BCUT2D eigenvalue weighted by Crippen LogP contribution is -3.61. The van der Waals surface area contributed by atoms with Crippen LogP contribution in [-0.4, -0.2) is 13.0 Å². The zero-order chi connectivity index (χ0) is 25.4. The van der Waals surface area contributed by atoms with Gasteiger partial charge in [-0.05, 0) is 75.7 Å². The largest absolute Gasteiger partial charge is 0.744 e. The van der Waals surface area contributed by atoms with Gasteiger partial charge in [0.2, 0.25) is 3.57 Å². The van der Waals surface area contributed by atoms with Gasteiger partial charge in [-0.2, -0.15) is 0 Å². The fraction of sp³-hybridized carbons (Fsp3) is 0. The Labute approximate surface area is 236 Å². The van der Waals surface area contributed by atoms with E-state index in [1.165, 1.54) is 57.2 Å². The summed E-state index contributed by atoms with van der Waals surface area (Å²) in [6, 6.07) is 44.1. The first kappa shape index (κ1) is 26.5. The Balaban J connectivity index is 0.000000256. The second-order valence-corrected chi connectivity index (χ2v) is 13.1. The summed E-state index contributed by atoms with van der Waals surface area (Å²) in [7, 11) is -4.25. The molecule has 0 N–H and O–H groups in total. The maximum atomic E-state index is 10.3. The smallest absolute Gasteiger partial charge is 0.359 e. The van der Waals surface area contributed by atoms with Crippen molar-refractivity contribution in [3.63, 3.8) is 0 Å². The van der Waals surface area contributed by atoms with Crippen molar-refractivity contribution in [1.82, 2.24) is 0 Å². The fourth-order valence-corrected chi connectivity index (χ4v) is 7.82. The van der Waals surface area contributed by atoms with Crippen LogP contribution >= 0.6 is 22.6 Å². The highest BCUT2D eigenvalue weighted by atomic mass is 127. The summed E-state index contributed by atoms with van der Waals surface area (Å²) in [4.78, 5) is -0.185. The van der Waals surface area contributed by atoms with Crippen LogP contribution in [0.15, 0.2) is 138 Å². The summed E-state index contributed by atoms with van der Waals surface area (Å²) < 4.78 is 35.1. The van der Waals surface area contributed by atoms with Crippen molar-refractivity contribution in [3.8, 4) is 22.3 Å². The first-order valence-electron chi connectivity index (χ1n) is 11.1. The molecule has 0 saturated carbocycles. The average molecular weight is 716 g/mol. The van der Waals surface area contributed by atoms with Gasteiger partial charge >= 0.3 is 21.2 Å². The van der Waals surface area contributed by atoms with Gasteiger partial charge in [-0.3, -0.25) is 0 Å². The van der Waals surface area contributed by atoms with E-state index in [-0.39, 0.29) is 26.1 Å². The van der Waals surface area contributed by atoms with E-state index in [2.05, 4.69) is 126 Å². The van der Waals surface area contributed by atoms with Crippen molar-refractivity contribution in [2.45, 2.75) is 4.90 Å². The van der Waals surface area contributed by atoms with Gasteiger partial charge < -0.3 is 4.55 Å². The fourth-order valence-electron chi connectivity index (χ4n) is 3.55. The molecular formula is C30H22I2O3S. The number of halogens is 2. The lowest BCUT2D eigenvalue weighted by atomic mass is 9.95. The minimum atomic E-state index is -4.25. The van der Waals surface area contributed by atoms with E-state index in [9.17, 15) is 13.0 Å². The maximum Gasteiger partial charge on any atom is 0.359 e. The van der Waals surface area contributed by atoms with Gasteiger partial charge in [0.25, 0.3) is 0 Å². The predicted molar refractivity (Wildman–Crippen MR) is 148 cm³/mol. The van der Waals surface area contributed by atoms with E-state index in [1.807, 2.05) is 0 Å². The summed E-state index contributed by atoms with van der Waals surface area (Å²) in [5.74, 6) is 0. The van der Waals surface area contributed by atoms with E-state index in [4.69, 9.17) is 0 Å². The average Bonchev–Trinajstić information content (AvgIpc) is 2.92. The number of rotatable bonds is 5. The molecule has 180 valence electrons. The van der Waals surface area contributed by atoms with Crippen molar-refractivity contribution in [2.24, 2.45) is 0 Å². The first-order valence-corrected chi connectivity index (χ1v) is 15.7. The van der Waals surface area contributed by atoms with Crippen LogP contribution in [0.1, 0.15) is 0 Å². The van der Waals surface area contributed by atoms with E-state index < -0.39 is 10.1 Å². The van der Waals surface area contributed by atoms with Crippen LogP contribution < -0.4 is 21.2 Å². The Morgan fingerprint density at radius 3 is 1.56 bits per heavy atom. The lowest BCUT2D eigenvalue weighted by molar-refractivity contribution is -0.598. The van der Waals surface area contributed by atoms with Gasteiger partial charge in [-0.15, -0.1) is 0 Å². The molecule has 3 nitrogen and oxygen atoms in total. The Kier molecular flexibility index (Phi) is 9.30. The van der Waals surface area contributed by atoms with Crippen LogP contribution in [0.5, 0.6) is 0 Å². The van der Waals surface area contributed by atoms with Crippen molar-refractivity contribution in [3.05, 3.63) is 144 Å². The summed E-state index contributed by atoms with van der Waals surface area (Å²) in [5, 5.41) is 0. The molecule has 5 aromatic carbocycles. The molecule has 0 atom stereocenters. The lowest BCUT2D eigenvalue weighted by Gasteiger charge is -2.12. The van der Waals surface area contributed by atoms with Crippen LogP contribution in [-0.2, 0) is 10.1 Å². The molecule has 5 rings (SSSR count). The monoisotopic (exact) mass is 716 g/mol. The molecule has 0 aromatic heterocycles. The number of hydrogen-bond acceptors (Lipinski definition) is 3. The highest BCUT2D eigenvalue weighted by Gasteiger charge is 2.24. The second kappa shape index (κ2) is 12.6. The van der Waals surface area contributed by atoms with Crippen LogP contribution in [0.25, 0.3) is 22.3 Å². The minimum absolute atomic E-state index is 0.185. The summed E-state index contributed by atoms with van der Waals surface area (Å²) in [6.45, 7) is 0. The Morgan fingerprint density at radius 1 is 0.583 bits per heavy atom. The standard InChI is InChI=1S/C24H17I2.C6H6O3S/c25-24-22(26-20-14-8-3-9-15-20)17-16-21(18-10-4-1-5-11-18)23(24)19-12-6-2-7-13-19;7-10(8,9)6-4-2-1-3-5-6/h1-17H;1-5H,(H,7,8,9)/q+1;/p-1. The number of hydrogen-bond donors (Lipinski definition) is 0.